The molecule has 0 unspecified atom stereocenters. The summed E-state index contributed by atoms with van der Waals surface area (Å²) in [5, 5.41) is 0. The lowest BCUT2D eigenvalue weighted by molar-refractivity contribution is 0.0742. The van der Waals surface area contributed by atoms with Crippen LogP contribution in [-0.4, -0.2) is 57.4 Å². The fourth-order valence-electron chi connectivity index (χ4n) is 3.21. The third-order valence-electron chi connectivity index (χ3n) is 4.86. The first-order valence-electron chi connectivity index (χ1n) is 11.1. The van der Waals surface area contributed by atoms with Crippen LogP contribution in [0.25, 0.3) is 0 Å². The van der Waals surface area contributed by atoms with Gasteiger partial charge in [0.25, 0.3) is 5.91 Å². The Morgan fingerprint density at radius 1 is 0.970 bits per heavy atom. The number of nitrogens with zero attached hydrogens (tertiary/aromatic N) is 2. The van der Waals surface area contributed by atoms with Crippen molar-refractivity contribution in [1.82, 2.24) is 9.21 Å². The smallest absolute Gasteiger partial charge is 0.254 e. The van der Waals surface area contributed by atoms with Gasteiger partial charge in [0.1, 0.15) is 10.7 Å². The van der Waals surface area contributed by atoms with Crippen molar-refractivity contribution < 1.29 is 27.1 Å². The van der Waals surface area contributed by atoms with Crippen molar-refractivity contribution in [1.29, 1.82) is 0 Å². The summed E-state index contributed by atoms with van der Waals surface area (Å²) in [6.07, 6.45) is 1.57. The minimum atomic E-state index is -4.03. The molecule has 9 heteroatoms. The molecule has 0 saturated heterocycles. The first kappa shape index (κ1) is 26.6. The van der Waals surface area contributed by atoms with E-state index in [0.29, 0.717) is 37.7 Å². The molecule has 33 heavy (non-hydrogen) atoms. The summed E-state index contributed by atoms with van der Waals surface area (Å²) in [6.45, 7) is 7.63. The predicted molar refractivity (Wildman–Crippen MR) is 126 cm³/mol. The van der Waals surface area contributed by atoms with Gasteiger partial charge in [-0.1, -0.05) is 19.9 Å². The van der Waals surface area contributed by atoms with Crippen LogP contribution in [0, 0.1) is 5.82 Å². The predicted octanol–water partition coefficient (Wildman–Crippen LogP) is 4.32. The summed E-state index contributed by atoms with van der Waals surface area (Å²) in [5.74, 6) is -0.0241. The lowest BCUT2D eigenvalue weighted by atomic mass is 10.1. The van der Waals surface area contributed by atoms with Crippen LogP contribution in [0.2, 0.25) is 0 Å². The van der Waals surface area contributed by atoms with Gasteiger partial charge >= 0.3 is 0 Å². The molecular weight excluding hydrogens is 447 g/mol. The van der Waals surface area contributed by atoms with E-state index in [1.165, 1.54) is 20.2 Å². The maximum atomic E-state index is 14.3. The molecule has 1 amide bonds. The van der Waals surface area contributed by atoms with Crippen molar-refractivity contribution in [3.8, 4) is 11.5 Å². The summed E-state index contributed by atoms with van der Waals surface area (Å²) in [6, 6.07) is 8.96. The number of ether oxygens (including phenoxy) is 2. The highest BCUT2D eigenvalue weighted by molar-refractivity contribution is 7.89. The molecule has 2 aromatic rings. The number of benzene rings is 2. The van der Waals surface area contributed by atoms with E-state index < -0.39 is 20.7 Å². The summed E-state index contributed by atoms with van der Waals surface area (Å²) >= 11 is 0. The van der Waals surface area contributed by atoms with Crippen LogP contribution in [0.3, 0.4) is 0 Å². The molecule has 0 radical (unpaired) electrons. The highest BCUT2D eigenvalue weighted by Gasteiger charge is 2.25. The van der Waals surface area contributed by atoms with Gasteiger partial charge in [-0.2, -0.15) is 0 Å². The maximum absolute atomic E-state index is 14.3. The van der Waals surface area contributed by atoms with Gasteiger partial charge < -0.3 is 14.4 Å². The molecule has 0 aliphatic carbocycles. The number of hydrogen-bond acceptors (Lipinski definition) is 5. The molecule has 2 rings (SSSR count). The normalized spacial score (nSPS) is 11.5. The van der Waals surface area contributed by atoms with Crippen molar-refractivity contribution in [2.75, 3.05) is 33.9 Å². The van der Waals surface area contributed by atoms with Gasteiger partial charge in [-0.05, 0) is 55.7 Å². The Kier molecular flexibility index (Phi) is 9.67. The average Bonchev–Trinajstić information content (AvgIpc) is 2.78. The van der Waals surface area contributed by atoms with Crippen molar-refractivity contribution in [3.05, 3.63) is 53.3 Å². The molecule has 0 spiro atoms. The van der Waals surface area contributed by atoms with E-state index in [1.54, 1.807) is 4.90 Å². The van der Waals surface area contributed by atoms with E-state index in [1.807, 2.05) is 39.0 Å². The average molecular weight is 481 g/mol. The van der Waals surface area contributed by atoms with Crippen LogP contribution in [0.5, 0.6) is 11.5 Å². The van der Waals surface area contributed by atoms with Gasteiger partial charge in [-0.15, -0.1) is 0 Å². The Morgan fingerprint density at radius 3 is 2.30 bits per heavy atom. The topological polar surface area (TPSA) is 76.2 Å². The Hall–Kier alpha value is -2.65. The van der Waals surface area contributed by atoms with Crippen LogP contribution in [0.4, 0.5) is 4.39 Å². The van der Waals surface area contributed by atoms with Crippen LogP contribution in [-0.2, 0) is 16.6 Å². The minimum Gasteiger partial charge on any atom is -0.490 e. The zero-order chi connectivity index (χ0) is 24.6. The van der Waals surface area contributed by atoms with Gasteiger partial charge in [0.15, 0.2) is 11.5 Å². The summed E-state index contributed by atoms with van der Waals surface area (Å²) in [4.78, 5) is 14.3. The fourth-order valence-corrected chi connectivity index (χ4v) is 4.19. The van der Waals surface area contributed by atoms with E-state index in [9.17, 15) is 17.6 Å². The quantitative estimate of drug-likeness (QED) is 0.452. The third-order valence-corrected chi connectivity index (χ3v) is 6.69. The highest BCUT2D eigenvalue weighted by atomic mass is 32.2. The Bertz CT molecular complexity index is 1060. The van der Waals surface area contributed by atoms with Crippen LogP contribution in [0.1, 0.15) is 49.5 Å². The fraction of sp³-hybridized carbons (Fsp3) is 0.458. The van der Waals surface area contributed by atoms with Crippen LogP contribution >= 0.6 is 0 Å². The first-order valence-corrected chi connectivity index (χ1v) is 12.5. The molecule has 0 N–H and O–H groups in total. The van der Waals surface area contributed by atoms with Crippen LogP contribution in [0.15, 0.2) is 41.3 Å². The van der Waals surface area contributed by atoms with Gasteiger partial charge in [0.05, 0.1) is 13.2 Å². The number of carbonyl (C=O) groups excluding carboxylic acids is 1. The minimum absolute atomic E-state index is 0.109. The van der Waals surface area contributed by atoms with E-state index in [2.05, 4.69) is 0 Å². The number of halogens is 1. The van der Waals surface area contributed by atoms with Gasteiger partial charge in [0.2, 0.25) is 10.0 Å². The van der Waals surface area contributed by atoms with Crippen molar-refractivity contribution >= 4 is 15.9 Å². The molecule has 182 valence electrons. The molecule has 2 aromatic carbocycles. The van der Waals surface area contributed by atoms with E-state index in [-0.39, 0.29) is 18.0 Å². The maximum Gasteiger partial charge on any atom is 0.254 e. The Balaban J connectivity index is 2.36. The van der Waals surface area contributed by atoms with Crippen LogP contribution < -0.4 is 9.47 Å². The van der Waals surface area contributed by atoms with Crippen molar-refractivity contribution in [2.45, 2.75) is 45.1 Å². The Labute approximate surface area is 196 Å². The largest absolute Gasteiger partial charge is 0.490 e. The lowest BCUT2D eigenvalue weighted by Gasteiger charge is -2.23. The molecule has 0 aromatic heterocycles. The molecule has 0 fully saturated rings. The van der Waals surface area contributed by atoms with E-state index in [4.69, 9.17) is 9.47 Å². The SMILES string of the molecule is CCCOc1ccc(CN(CCC)C(=O)c2ccc(F)c(S(=O)(=O)N(C)C)c2)cc1OCC. The molecule has 0 atom stereocenters. The van der Waals surface area contributed by atoms with E-state index >= 15 is 0 Å². The molecule has 7 nitrogen and oxygen atoms in total. The number of amides is 1. The summed E-state index contributed by atoms with van der Waals surface area (Å²) < 4.78 is 51.5. The second-order valence-electron chi connectivity index (χ2n) is 7.72. The zero-order valence-corrected chi connectivity index (χ0v) is 20.7. The number of carbonyl (C=O) groups is 1. The molecule has 0 saturated carbocycles. The molecule has 0 aliphatic heterocycles. The second-order valence-corrected chi connectivity index (χ2v) is 9.84. The monoisotopic (exact) mass is 480 g/mol. The summed E-state index contributed by atoms with van der Waals surface area (Å²) in [5.41, 5.74) is 0.950. The Morgan fingerprint density at radius 2 is 1.70 bits per heavy atom. The van der Waals surface area contributed by atoms with Crippen molar-refractivity contribution in [3.63, 3.8) is 0 Å². The molecule has 0 bridgehead atoms. The molecule has 0 aliphatic rings. The molecule has 0 heterocycles. The number of hydrogen-bond donors (Lipinski definition) is 0. The zero-order valence-electron chi connectivity index (χ0n) is 19.9. The number of rotatable bonds is 12. The standard InChI is InChI=1S/C24H33FN2O5S/c1-6-13-27(17-18-9-12-21(32-14-7-2)22(15-18)31-8-3)24(28)19-10-11-20(25)23(16-19)33(29,30)26(4)5/h9-12,15-16H,6-8,13-14,17H2,1-5H3. The van der Waals surface area contributed by atoms with E-state index in [0.717, 1.165) is 28.4 Å². The highest BCUT2D eigenvalue weighted by Crippen LogP contribution is 2.29. The lowest BCUT2D eigenvalue weighted by Crippen LogP contribution is -2.32. The van der Waals surface area contributed by atoms with Gasteiger partial charge in [0, 0.05) is 32.7 Å². The first-order chi connectivity index (χ1) is 15.6. The van der Waals surface area contributed by atoms with Crippen molar-refractivity contribution in [2.24, 2.45) is 0 Å². The third kappa shape index (κ3) is 6.68. The summed E-state index contributed by atoms with van der Waals surface area (Å²) in [7, 11) is -1.40. The number of sulfonamides is 1. The van der Waals surface area contributed by atoms with Gasteiger partial charge in [-0.25, -0.2) is 17.1 Å². The van der Waals surface area contributed by atoms with Gasteiger partial charge in [-0.3, -0.25) is 4.79 Å². The second kappa shape index (κ2) is 12.0. The molecular formula is C24H33FN2O5S.